The van der Waals surface area contributed by atoms with E-state index in [-0.39, 0.29) is 5.91 Å². The molecule has 0 saturated carbocycles. The lowest BCUT2D eigenvalue weighted by Crippen LogP contribution is -2.13. The quantitative estimate of drug-likeness (QED) is 0.248. The van der Waals surface area contributed by atoms with Crippen LogP contribution in [-0.2, 0) is 4.79 Å². The third kappa shape index (κ3) is 6.50. The first-order chi connectivity index (χ1) is 17.4. The number of ether oxygens (including phenoxy) is 1. The molecule has 1 aromatic heterocycles. The van der Waals surface area contributed by atoms with Gasteiger partial charge in [0.25, 0.3) is 0 Å². The van der Waals surface area contributed by atoms with Crippen LogP contribution in [0.5, 0.6) is 5.75 Å². The molecule has 0 aliphatic rings. The lowest BCUT2D eigenvalue weighted by Gasteiger charge is -2.14. The Morgan fingerprint density at radius 1 is 1.03 bits per heavy atom. The van der Waals surface area contributed by atoms with Crippen LogP contribution in [0.25, 0.3) is 10.8 Å². The van der Waals surface area contributed by atoms with Gasteiger partial charge in [0.1, 0.15) is 10.8 Å². The predicted octanol–water partition coefficient (Wildman–Crippen LogP) is 5.84. The van der Waals surface area contributed by atoms with E-state index in [1.54, 1.807) is 31.4 Å². The van der Waals surface area contributed by atoms with Crippen LogP contribution in [0.15, 0.2) is 79.0 Å². The molecule has 3 aromatic carbocycles. The minimum atomic E-state index is -0.224. The van der Waals surface area contributed by atoms with Crippen molar-refractivity contribution in [1.82, 2.24) is 14.9 Å². The summed E-state index contributed by atoms with van der Waals surface area (Å²) in [5, 5.41) is 11.9. The van der Waals surface area contributed by atoms with Gasteiger partial charge >= 0.3 is 0 Å². The van der Waals surface area contributed by atoms with Crippen LogP contribution in [-0.4, -0.2) is 48.5 Å². The molecule has 1 amide bonds. The van der Waals surface area contributed by atoms with Crippen molar-refractivity contribution < 1.29 is 9.53 Å². The van der Waals surface area contributed by atoms with Crippen molar-refractivity contribution in [2.75, 3.05) is 43.7 Å². The molecule has 0 saturated heterocycles. The van der Waals surface area contributed by atoms with Gasteiger partial charge < -0.3 is 25.6 Å². The maximum absolute atomic E-state index is 12.2. The minimum Gasteiger partial charge on any atom is -0.495 e. The third-order valence-corrected chi connectivity index (χ3v) is 5.49. The van der Waals surface area contributed by atoms with Crippen LogP contribution in [0.4, 0.5) is 28.8 Å². The smallest absolute Gasteiger partial charge is 0.248 e. The summed E-state index contributed by atoms with van der Waals surface area (Å²) < 4.78 is 5.47. The van der Waals surface area contributed by atoms with Crippen molar-refractivity contribution in [3.05, 3.63) is 84.0 Å². The SMILES string of the molecule is COc1ccc(NC(=O)/C=C/CN(C)C)cc1Nc1ncc(Cl)c(Nc2ccc3ccccc3c2)n1. The first-order valence-corrected chi connectivity index (χ1v) is 11.6. The molecular formula is C27H27ClN6O2. The Morgan fingerprint density at radius 3 is 2.58 bits per heavy atom. The van der Waals surface area contributed by atoms with Gasteiger partial charge in [0.2, 0.25) is 11.9 Å². The van der Waals surface area contributed by atoms with Gasteiger partial charge in [-0.3, -0.25) is 4.79 Å². The Hall–Kier alpha value is -4.14. The molecule has 0 spiro atoms. The van der Waals surface area contributed by atoms with E-state index in [0.717, 1.165) is 16.5 Å². The van der Waals surface area contributed by atoms with Crippen LogP contribution in [0.3, 0.4) is 0 Å². The van der Waals surface area contributed by atoms with Gasteiger partial charge in [-0.1, -0.05) is 48.0 Å². The summed E-state index contributed by atoms with van der Waals surface area (Å²) in [6.45, 7) is 0.673. The molecule has 0 radical (unpaired) electrons. The number of aromatic nitrogens is 2. The lowest BCUT2D eigenvalue weighted by molar-refractivity contribution is -0.111. The van der Waals surface area contributed by atoms with E-state index < -0.39 is 0 Å². The lowest BCUT2D eigenvalue weighted by atomic mass is 10.1. The van der Waals surface area contributed by atoms with E-state index in [0.29, 0.717) is 40.5 Å². The number of anilines is 5. The van der Waals surface area contributed by atoms with Crippen LogP contribution in [0, 0.1) is 0 Å². The number of nitrogens with zero attached hydrogens (tertiary/aromatic N) is 3. The highest BCUT2D eigenvalue weighted by Crippen LogP contribution is 2.31. The Balaban J connectivity index is 1.52. The maximum atomic E-state index is 12.2. The normalized spacial score (nSPS) is 11.1. The fraction of sp³-hybridized carbons (Fsp3) is 0.148. The number of hydrogen-bond donors (Lipinski definition) is 3. The summed E-state index contributed by atoms with van der Waals surface area (Å²) in [6.07, 6.45) is 4.82. The van der Waals surface area contributed by atoms with E-state index in [1.165, 1.54) is 12.3 Å². The molecule has 0 unspecified atom stereocenters. The van der Waals surface area contributed by atoms with Gasteiger partial charge in [0.15, 0.2) is 5.82 Å². The molecule has 8 nitrogen and oxygen atoms in total. The van der Waals surface area contributed by atoms with Gasteiger partial charge in [0.05, 0.1) is 19.0 Å². The standard InChI is InChI=1S/C27H27ClN6O2/c1-34(2)14-6-9-25(35)30-21-12-13-24(36-3)23(16-21)32-27-29-17-22(28)26(33-27)31-20-11-10-18-7-4-5-8-19(18)15-20/h4-13,15-17H,14H2,1-3H3,(H,30,35)(H2,29,31,32,33)/b9-6+. The Labute approximate surface area is 215 Å². The van der Waals surface area contributed by atoms with Crippen molar-refractivity contribution in [3.63, 3.8) is 0 Å². The summed E-state index contributed by atoms with van der Waals surface area (Å²) >= 11 is 6.37. The number of carbonyl (C=O) groups excluding carboxylic acids is 1. The molecule has 9 heteroatoms. The van der Waals surface area contributed by atoms with Gasteiger partial charge in [-0.15, -0.1) is 0 Å². The Morgan fingerprint density at radius 2 is 1.81 bits per heavy atom. The minimum absolute atomic E-state index is 0.224. The third-order valence-electron chi connectivity index (χ3n) is 5.21. The number of methoxy groups -OCH3 is 1. The molecule has 0 aliphatic carbocycles. The Kier molecular flexibility index (Phi) is 7.99. The van der Waals surface area contributed by atoms with Gasteiger partial charge in [-0.05, 0) is 55.2 Å². The van der Waals surface area contributed by atoms with Crippen LogP contribution < -0.4 is 20.7 Å². The van der Waals surface area contributed by atoms with Crippen molar-refractivity contribution >= 4 is 57.1 Å². The largest absolute Gasteiger partial charge is 0.495 e. The number of carbonyl (C=O) groups is 1. The molecule has 184 valence electrons. The van der Waals surface area contributed by atoms with Crippen molar-refractivity contribution in [2.24, 2.45) is 0 Å². The molecule has 0 fully saturated rings. The van der Waals surface area contributed by atoms with Gasteiger partial charge in [-0.2, -0.15) is 4.98 Å². The molecular weight excluding hydrogens is 476 g/mol. The maximum Gasteiger partial charge on any atom is 0.248 e. The molecule has 1 heterocycles. The highest BCUT2D eigenvalue weighted by Gasteiger charge is 2.11. The average Bonchev–Trinajstić information content (AvgIpc) is 2.86. The number of benzene rings is 3. The number of rotatable bonds is 9. The van der Waals surface area contributed by atoms with Crippen LogP contribution in [0.1, 0.15) is 0 Å². The molecule has 0 aliphatic heterocycles. The number of hydrogen-bond acceptors (Lipinski definition) is 7. The molecule has 0 bridgehead atoms. The van der Waals surface area contributed by atoms with Crippen molar-refractivity contribution in [3.8, 4) is 5.75 Å². The molecule has 4 aromatic rings. The number of halogens is 1. The zero-order chi connectivity index (χ0) is 25.5. The van der Waals surface area contributed by atoms with E-state index >= 15 is 0 Å². The van der Waals surface area contributed by atoms with Crippen LogP contribution >= 0.6 is 11.6 Å². The monoisotopic (exact) mass is 502 g/mol. The van der Waals surface area contributed by atoms with E-state index in [9.17, 15) is 4.79 Å². The van der Waals surface area contributed by atoms with Gasteiger partial charge in [-0.25, -0.2) is 4.98 Å². The van der Waals surface area contributed by atoms with Crippen molar-refractivity contribution in [2.45, 2.75) is 0 Å². The zero-order valence-corrected chi connectivity index (χ0v) is 21.0. The number of amides is 1. The first-order valence-electron chi connectivity index (χ1n) is 11.3. The van der Waals surface area contributed by atoms with Crippen molar-refractivity contribution in [1.29, 1.82) is 0 Å². The second kappa shape index (κ2) is 11.5. The topological polar surface area (TPSA) is 91.4 Å². The fourth-order valence-corrected chi connectivity index (χ4v) is 3.62. The summed E-state index contributed by atoms with van der Waals surface area (Å²) in [5.74, 6) is 1.12. The summed E-state index contributed by atoms with van der Waals surface area (Å²) in [7, 11) is 5.44. The van der Waals surface area contributed by atoms with E-state index in [1.807, 2.05) is 55.4 Å². The molecule has 36 heavy (non-hydrogen) atoms. The number of fused-ring (bicyclic) bond motifs is 1. The van der Waals surface area contributed by atoms with E-state index in [4.69, 9.17) is 16.3 Å². The molecule has 3 N–H and O–H groups in total. The zero-order valence-electron chi connectivity index (χ0n) is 20.2. The highest BCUT2D eigenvalue weighted by molar-refractivity contribution is 6.33. The Bertz CT molecular complexity index is 1410. The molecule has 0 atom stereocenters. The highest BCUT2D eigenvalue weighted by atomic mass is 35.5. The summed E-state index contributed by atoms with van der Waals surface area (Å²) in [5.41, 5.74) is 2.04. The van der Waals surface area contributed by atoms with Gasteiger partial charge in [0, 0.05) is 24.0 Å². The van der Waals surface area contributed by atoms with E-state index in [2.05, 4.69) is 32.0 Å². The predicted molar refractivity (Wildman–Crippen MR) is 147 cm³/mol. The first kappa shape index (κ1) is 25.0. The molecule has 4 rings (SSSR count). The number of nitrogens with one attached hydrogen (secondary N) is 3. The second-order valence-electron chi connectivity index (χ2n) is 8.27. The second-order valence-corrected chi connectivity index (χ2v) is 8.68. The average molecular weight is 503 g/mol. The summed E-state index contributed by atoms with van der Waals surface area (Å²) in [4.78, 5) is 23.0. The fourth-order valence-electron chi connectivity index (χ4n) is 3.48. The summed E-state index contributed by atoms with van der Waals surface area (Å²) in [6, 6.07) is 19.4. The number of likely N-dealkylation sites (N-methyl/N-ethyl adjacent to an activating group) is 1. The van der Waals surface area contributed by atoms with Crippen LogP contribution in [0.2, 0.25) is 5.02 Å².